The van der Waals surface area contributed by atoms with Gasteiger partial charge in [0.05, 0.1) is 18.7 Å². The van der Waals surface area contributed by atoms with Crippen LogP contribution in [-0.2, 0) is 4.74 Å². The number of ether oxygens (including phenoxy) is 3. The maximum absolute atomic E-state index is 12.9. The fourth-order valence-electron chi connectivity index (χ4n) is 2.86. The van der Waals surface area contributed by atoms with Crippen molar-refractivity contribution in [1.82, 2.24) is 15.1 Å². The van der Waals surface area contributed by atoms with Crippen LogP contribution in [0, 0.1) is 0 Å². The Labute approximate surface area is 144 Å². The molecule has 1 saturated heterocycles. The highest BCUT2D eigenvalue weighted by molar-refractivity contribution is 5.98. The number of hydrogen-bond acceptors (Lipinski definition) is 7. The summed E-state index contributed by atoms with van der Waals surface area (Å²) in [6, 6.07) is 5.31. The fourth-order valence-corrected chi connectivity index (χ4v) is 2.86. The third-order valence-corrected chi connectivity index (χ3v) is 4.21. The lowest BCUT2D eigenvalue weighted by atomic mass is 10.1. The first-order valence-electron chi connectivity index (χ1n) is 8.26. The highest BCUT2D eigenvalue weighted by Gasteiger charge is 2.32. The van der Waals surface area contributed by atoms with E-state index >= 15 is 0 Å². The van der Waals surface area contributed by atoms with Crippen molar-refractivity contribution in [2.45, 2.75) is 25.9 Å². The van der Waals surface area contributed by atoms with Crippen LogP contribution in [0.4, 0.5) is 0 Å². The van der Waals surface area contributed by atoms with Crippen LogP contribution in [0.1, 0.15) is 48.0 Å². The Bertz CT molecular complexity index is 788. The molecule has 1 unspecified atom stereocenters. The molecule has 1 aromatic heterocycles. The molecule has 0 N–H and O–H groups in total. The van der Waals surface area contributed by atoms with E-state index in [1.54, 1.807) is 23.1 Å². The summed E-state index contributed by atoms with van der Waals surface area (Å²) in [7, 11) is 0. The second-order valence-electron chi connectivity index (χ2n) is 6.28. The molecule has 3 heterocycles. The number of morpholine rings is 1. The van der Waals surface area contributed by atoms with Gasteiger partial charge in [0.15, 0.2) is 17.6 Å². The number of fused-ring (bicyclic) bond motifs is 1. The van der Waals surface area contributed by atoms with Crippen molar-refractivity contribution >= 4 is 5.91 Å². The maximum Gasteiger partial charge on any atom is 0.257 e. The Kier molecular flexibility index (Phi) is 4.04. The second-order valence-corrected chi connectivity index (χ2v) is 6.28. The molecule has 2 aromatic rings. The number of para-hydroxylation sites is 1. The summed E-state index contributed by atoms with van der Waals surface area (Å²) < 4.78 is 22.2. The lowest BCUT2D eigenvalue weighted by Crippen LogP contribution is -2.42. The summed E-state index contributed by atoms with van der Waals surface area (Å²) >= 11 is 0. The smallest absolute Gasteiger partial charge is 0.257 e. The summed E-state index contributed by atoms with van der Waals surface area (Å²) in [4.78, 5) is 14.6. The third kappa shape index (κ3) is 2.93. The average Bonchev–Trinajstić information content (AvgIpc) is 3.30. The van der Waals surface area contributed by atoms with E-state index in [2.05, 4.69) is 10.2 Å². The van der Waals surface area contributed by atoms with E-state index < -0.39 is 6.10 Å². The van der Waals surface area contributed by atoms with Crippen molar-refractivity contribution in [3.63, 3.8) is 0 Å². The lowest BCUT2D eigenvalue weighted by molar-refractivity contribution is -0.0351. The van der Waals surface area contributed by atoms with Gasteiger partial charge in [-0.15, -0.1) is 10.2 Å². The molecule has 132 valence electrons. The van der Waals surface area contributed by atoms with Crippen LogP contribution >= 0.6 is 0 Å². The number of rotatable bonds is 3. The Morgan fingerprint density at radius 1 is 1.28 bits per heavy atom. The van der Waals surface area contributed by atoms with Crippen LogP contribution in [0.5, 0.6) is 11.5 Å². The molecule has 1 atom stereocenters. The number of carbonyl (C=O) groups excluding carboxylic acids is 1. The van der Waals surface area contributed by atoms with Gasteiger partial charge in [0.1, 0.15) is 0 Å². The van der Waals surface area contributed by atoms with E-state index in [1.807, 2.05) is 13.8 Å². The highest BCUT2D eigenvalue weighted by atomic mass is 16.7. The van der Waals surface area contributed by atoms with Gasteiger partial charge in [-0.25, -0.2) is 0 Å². The molecule has 25 heavy (non-hydrogen) atoms. The summed E-state index contributed by atoms with van der Waals surface area (Å²) in [5, 5.41) is 8.09. The van der Waals surface area contributed by atoms with Gasteiger partial charge >= 0.3 is 0 Å². The molecule has 0 radical (unpaired) electrons. The molecule has 0 bridgehead atoms. The van der Waals surface area contributed by atoms with E-state index in [0.717, 1.165) is 0 Å². The van der Waals surface area contributed by atoms with Gasteiger partial charge in [0.25, 0.3) is 5.91 Å². The first-order chi connectivity index (χ1) is 12.1. The number of hydrogen-bond donors (Lipinski definition) is 0. The molecule has 0 aliphatic carbocycles. The summed E-state index contributed by atoms with van der Waals surface area (Å²) in [6.45, 7) is 5.33. The van der Waals surface area contributed by atoms with Crippen LogP contribution < -0.4 is 9.47 Å². The minimum atomic E-state index is -0.424. The number of nitrogens with zero attached hydrogens (tertiary/aromatic N) is 3. The van der Waals surface area contributed by atoms with Crippen molar-refractivity contribution < 1.29 is 23.4 Å². The predicted molar refractivity (Wildman–Crippen MR) is 85.5 cm³/mol. The van der Waals surface area contributed by atoms with E-state index in [1.165, 1.54) is 0 Å². The average molecular weight is 345 g/mol. The molecule has 1 aromatic carbocycles. The van der Waals surface area contributed by atoms with Crippen LogP contribution in [0.15, 0.2) is 22.6 Å². The minimum absolute atomic E-state index is 0.126. The van der Waals surface area contributed by atoms with Crippen molar-refractivity contribution in [1.29, 1.82) is 0 Å². The SMILES string of the molecule is CC(C)c1nnc(C2CN(C(=O)c3cccc4c3OCO4)CCO2)o1. The molecular weight excluding hydrogens is 326 g/mol. The third-order valence-electron chi connectivity index (χ3n) is 4.21. The van der Waals surface area contributed by atoms with Gasteiger partial charge in [0, 0.05) is 12.5 Å². The molecule has 4 rings (SSSR count). The van der Waals surface area contributed by atoms with Gasteiger partial charge in [-0.05, 0) is 12.1 Å². The van der Waals surface area contributed by atoms with E-state index in [9.17, 15) is 4.79 Å². The van der Waals surface area contributed by atoms with Gasteiger partial charge in [0.2, 0.25) is 18.6 Å². The van der Waals surface area contributed by atoms with E-state index in [-0.39, 0.29) is 18.6 Å². The van der Waals surface area contributed by atoms with Crippen LogP contribution in [0.3, 0.4) is 0 Å². The lowest BCUT2D eigenvalue weighted by Gasteiger charge is -2.31. The molecule has 8 heteroatoms. The first kappa shape index (κ1) is 15.9. The zero-order chi connectivity index (χ0) is 17.4. The molecule has 2 aliphatic heterocycles. The minimum Gasteiger partial charge on any atom is -0.454 e. The van der Waals surface area contributed by atoms with Crippen molar-refractivity contribution in [2.75, 3.05) is 26.5 Å². The first-order valence-corrected chi connectivity index (χ1v) is 8.26. The topological polar surface area (TPSA) is 86.9 Å². The van der Waals surface area contributed by atoms with Gasteiger partial charge in [-0.2, -0.15) is 0 Å². The summed E-state index contributed by atoms with van der Waals surface area (Å²) in [5.74, 6) is 2.07. The van der Waals surface area contributed by atoms with Gasteiger partial charge < -0.3 is 23.5 Å². The highest BCUT2D eigenvalue weighted by Crippen LogP contribution is 2.36. The maximum atomic E-state index is 12.9. The van der Waals surface area contributed by atoms with E-state index in [0.29, 0.717) is 48.5 Å². The Hall–Kier alpha value is -2.61. The van der Waals surface area contributed by atoms with Crippen LogP contribution in [-0.4, -0.2) is 47.5 Å². The second kappa shape index (κ2) is 6.36. The number of carbonyl (C=O) groups is 1. The van der Waals surface area contributed by atoms with Gasteiger partial charge in [-0.1, -0.05) is 19.9 Å². The normalized spacial score (nSPS) is 19.5. The van der Waals surface area contributed by atoms with Crippen molar-refractivity contribution in [2.24, 2.45) is 0 Å². The molecule has 1 amide bonds. The van der Waals surface area contributed by atoms with Crippen LogP contribution in [0.2, 0.25) is 0 Å². The Morgan fingerprint density at radius 2 is 2.16 bits per heavy atom. The standard InChI is InChI=1S/C17H19N3O5/c1-10(2)15-18-19-16(25-15)13-8-20(6-7-22-13)17(21)11-4-3-5-12-14(11)24-9-23-12/h3-5,10,13H,6-9H2,1-2H3. The quantitative estimate of drug-likeness (QED) is 0.842. The molecular formula is C17H19N3O5. The molecule has 1 fully saturated rings. The van der Waals surface area contributed by atoms with Gasteiger partial charge in [-0.3, -0.25) is 4.79 Å². The van der Waals surface area contributed by atoms with Crippen LogP contribution in [0.25, 0.3) is 0 Å². The zero-order valence-corrected chi connectivity index (χ0v) is 14.1. The van der Waals surface area contributed by atoms with Crippen molar-refractivity contribution in [3.05, 3.63) is 35.5 Å². The van der Waals surface area contributed by atoms with E-state index in [4.69, 9.17) is 18.6 Å². The van der Waals surface area contributed by atoms with Crippen molar-refractivity contribution in [3.8, 4) is 11.5 Å². The summed E-state index contributed by atoms with van der Waals surface area (Å²) in [5.41, 5.74) is 0.490. The Balaban J connectivity index is 1.53. The largest absolute Gasteiger partial charge is 0.454 e. The predicted octanol–water partition coefficient (Wildman–Crippen LogP) is 2.14. The Morgan fingerprint density at radius 3 is 2.96 bits per heavy atom. The zero-order valence-electron chi connectivity index (χ0n) is 14.1. The molecule has 2 aliphatic rings. The molecule has 8 nitrogen and oxygen atoms in total. The summed E-state index contributed by atoms with van der Waals surface area (Å²) in [6.07, 6.45) is -0.424. The number of amides is 1. The molecule has 0 spiro atoms. The monoisotopic (exact) mass is 345 g/mol. The fraction of sp³-hybridized carbons (Fsp3) is 0.471. The number of aromatic nitrogens is 2. The molecule has 0 saturated carbocycles. The number of benzene rings is 1.